The van der Waals surface area contributed by atoms with E-state index in [0.29, 0.717) is 0 Å². The van der Waals surface area contributed by atoms with Crippen LogP contribution in [0, 0.1) is 0 Å². The second-order valence-corrected chi connectivity index (χ2v) is 4.20. The highest BCUT2D eigenvalue weighted by atomic mass is 16.8. The molecule has 0 saturated carbocycles. The Kier molecular flexibility index (Phi) is 2.46. The van der Waals surface area contributed by atoms with Crippen LogP contribution in [0.3, 0.4) is 0 Å². The first-order valence-corrected chi connectivity index (χ1v) is 4.79. The summed E-state index contributed by atoms with van der Waals surface area (Å²) in [5.74, 6) is -1.56. The Morgan fingerprint density at radius 2 is 2.07 bits per heavy atom. The molecule has 2 rings (SSSR count). The van der Waals surface area contributed by atoms with Crippen molar-refractivity contribution in [3.8, 4) is 0 Å². The summed E-state index contributed by atoms with van der Waals surface area (Å²) < 4.78 is 15.5. The van der Waals surface area contributed by atoms with E-state index in [1.54, 1.807) is 13.8 Å². The number of rotatable bonds is 1. The van der Waals surface area contributed by atoms with Gasteiger partial charge in [-0.15, -0.1) is 0 Å². The van der Waals surface area contributed by atoms with E-state index in [4.69, 9.17) is 14.2 Å². The van der Waals surface area contributed by atoms with Crippen molar-refractivity contribution in [3.63, 3.8) is 0 Å². The van der Waals surface area contributed by atoms with Crippen LogP contribution in [0.25, 0.3) is 0 Å². The standard InChI is InChI=1S/C9H14O6/c1-9(2)13-3-4(15-9)7-5(10)6(11)8(12)14-7/h4-7,10-11H,3H2,1-2H3/t4-,5?,6?,7?/m0/s1. The Morgan fingerprint density at radius 3 is 2.47 bits per heavy atom. The summed E-state index contributed by atoms with van der Waals surface area (Å²) in [6, 6.07) is 0. The molecule has 2 heterocycles. The zero-order valence-electron chi connectivity index (χ0n) is 8.54. The maximum atomic E-state index is 11.0. The minimum absolute atomic E-state index is 0.231. The van der Waals surface area contributed by atoms with Crippen molar-refractivity contribution in [2.75, 3.05) is 6.61 Å². The minimum Gasteiger partial charge on any atom is -0.455 e. The molecule has 15 heavy (non-hydrogen) atoms. The molecule has 0 bridgehead atoms. The van der Waals surface area contributed by atoms with Gasteiger partial charge in [0.25, 0.3) is 0 Å². The average molecular weight is 218 g/mol. The van der Waals surface area contributed by atoms with Crippen molar-refractivity contribution in [2.24, 2.45) is 0 Å². The normalized spacial score (nSPS) is 44.4. The fourth-order valence-corrected chi connectivity index (χ4v) is 1.77. The number of aliphatic hydroxyl groups excluding tert-OH is 2. The van der Waals surface area contributed by atoms with Crippen LogP contribution < -0.4 is 0 Å². The van der Waals surface area contributed by atoms with Gasteiger partial charge < -0.3 is 24.4 Å². The molecule has 2 aliphatic rings. The van der Waals surface area contributed by atoms with E-state index >= 15 is 0 Å². The SMILES string of the molecule is CC1(C)OC[C@@H](C2OC(=O)C(O)C2O)O1. The third kappa shape index (κ3) is 1.85. The van der Waals surface area contributed by atoms with E-state index in [0.717, 1.165) is 0 Å². The number of cyclic esters (lactones) is 1. The molecule has 0 aliphatic carbocycles. The predicted octanol–water partition coefficient (Wildman–Crippen LogP) is -1.21. The molecule has 6 heteroatoms. The third-order valence-corrected chi connectivity index (χ3v) is 2.55. The highest BCUT2D eigenvalue weighted by Crippen LogP contribution is 2.30. The first-order valence-electron chi connectivity index (χ1n) is 4.79. The lowest BCUT2D eigenvalue weighted by Crippen LogP contribution is -2.40. The molecule has 0 radical (unpaired) electrons. The lowest BCUT2D eigenvalue weighted by Gasteiger charge is -2.21. The van der Waals surface area contributed by atoms with Gasteiger partial charge in [-0.2, -0.15) is 0 Å². The van der Waals surface area contributed by atoms with Gasteiger partial charge in [-0.25, -0.2) is 4.79 Å². The van der Waals surface area contributed by atoms with Gasteiger partial charge in [0.05, 0.1) is 6.61 Å². The van der Waals surface area contributed by atoms with Crippen molar-refractivity contribution in [1.82, 2.24) is 0 Å². The van der Waals surface area contributed by atoms with Crippen molar-refractivity contribution in [2.45, 2.75) is 44.1 Å². The quantitative estimate of drug-likeness (QED) is 0.537. The highest BCUT2D eigenvalue weighted by molar-refractivity contribution is 5.77. The predicted molar refractivity (Wildman–Crippen MR) is 46.8 cm³/mol. The van der Waals surface area contributed by atoms with Crippen LogP contribution in [-0.2, 0) is 19.0 Å². The molecular weight excluding hydrogens is 204 g/mol. The lowest BCUT2D eigenvalue weighted by atomic mass is 10.1. The first kappa shape index (κ1) is 10.8. The molecule has 3 unspecified atom stereocenters. The number of hydrogen-bond donors (Lipinski definition) is 2. The number of carbonyl (C=O) groups excluding carboxylic acids is 1. The number of hydrogen-bond acceptors (Lipinski definition) is 6. The second-order valence-electron chi connectivity index (χ2n) is 4.20. The second kappa shape index (κ2) is 3.41. The third-order valence-electron chi connectivity index (χ3n) is 2.55. The first-order chi connectivity index (χ1) is 6.91. The van der Waals surface area contributed by atoms with Gasteiger partial charge in [-0.3, -0.25) is 0 Å². The van der Waals surface area contributed by atoms with Gasteiger partial charge in [0.1, 0.15) is 12.2 Å². The molecular formula is C9H14O6. The summed E-state index contributed by atoms with van der Waals surface area (Å²) in [7, 11) is 0. The van der Waals surface area contributed by atoms with Crippen molar-refractivity contribution in [3.05, 3.63) is 0 Å². The summed E-state index contributed by atoms with van der Waals surface area (Å²) >= 11 is 0. The van der Waals surface area contributed by atoms with Crippen LogP contribution in [0.15, 0.2) is 0 Å². The lowest BCUT2D eigenvalue weighted by molar-refractivity contribution is -0.166. The van der Waals surface area contributed by atoms with E-state index in [2.05, 4.69) is 0 Å². The van der Waals surface area contributed by atoms with Crippen LogP contribution in [0.2, 0.25) is 0 Å². The van der Waals surface area contributed by atoms with Gasteiger partial charge in [-0.1, -0.05) is 0 Å². The molecule has 6 nitrogen and oxygen atoms in total. The van der Waals surface area contributed by atoms with Crippen molar-refractivity contribution < 1.29 is 29.2 Å². The molecule has 86 valence electrons. The molecule has 0 aromatic heterocycles. The van der Waals surface area contributed by atoms with Crippen molar-refractivity contribution >= 4 is 5.97 Å². The molecule has 2 fully saturated rings. The Hall–Kier alpha value is -0.690. The van der Waals surface area contributed by atoms with E-state index in [-0.39, 0.29) is 6.61 Å². The Morgan fingerprint density at radius 1 is 1.40 bits per heavy atom. The molecule has 0 spiro atoms. The topological polar surface area (TPSA) is 85.2 Å². The fraction of sp³-hybridized carbons (Fsp3) is 0.889. The number of carbonyl (C=O) groups is 1. The van der Waals surface area contributed by atoms with E-state index < -0.39 is 36.2 Å². The van der Waals surface area contributed by atoms with Crippen LogP contribution in [0.5, 0.6) is 0 Å². The number of esters is 1. The molecule has 0 aromatic carbocycles. The largest absolute Gasteiger partial charge is 0.455 e. The van der Waals surface area contributed by atoms with Crippen LogP contribution in [0.4, 0.5) is 0 Å². The summed E-state index contributed by atoms with van der Waals surface area (Å²) in [4.78, 5) is 11.0. The Bertz CT molecular complexity index is 276. The zero-order chi connectivity index (χ0) is 11.2. The maximum Gasteiger partial charge on any atom is 0.338 e. The Labute approximate surface area is 86.7 Å². The summed E-state index contributed by atoms with van der Waals surface area (Å²) in [5.41, 5.74) is 0. The van der Waals surface area contributed by atoms with E-state index in [1.807, 2.05) is 0 Å². The van der Waals surface area contributed by atoms with Crippen LogP contribution in [-0.4, -0.2) is 53.0 Å². The molecule has 4 atom stereocenters. The van der Waals surface area contributed by atoms with E-state index in [9.17, 15) is 15.0 Å². The van der Waals surface area contributed by atoms with Crippen LogP contribution >= 0.6 is 0 Å². The van der Waals surface area contributed by atoms with E-state index in [1.165, 1.54) is 0 Å². The van der Waals surface area contributed by atoms with Gasteiger partial charge >= 0.3 is 5.97 Å². The fourth-order valence-electron chi connectivity index (χ4n) is 1.77. The van der Waals surface area contributed by atoms with Gasteiger partial charge in [0, 0.05) is 0 Å². The smallest absolute Gasteiger partial charge is 0.338 e. The molecule has 0 aromatic rings. The average Bonchev–Trinajstić information content (AvgIpc) is 2.62. The zero-order valence-corrected chi connectivity index (χ0v) is 8.54. The maximum absolute atomic E-state index is 11.0. The van der Waals surface area contributed by atoms with Gasteiger partial charge in [-0.05, 0) is 13.8 Å². The van der Waals surface area contributed by atoms with Crippen LogP contribution in [0.1, 0.15) is 13.8 Å². The molecule has 2 N–H and O–H groups in total. The summed E-state index contributed by atoms with van der Waals surface area (Å²) in [6.45, 7) is 3.69. The monoisotopic (exact) mass is 218 g/mol. The summed E-state index contributed by atoms with van der Waals surface area (Å²) in [6.07, 6.45) is -4.12. The molecule has 0 amide bonds. The molecule has 2 saturated heterocycles. The number of aliphatic hydroxyl groups is 2. The Balaban J connectivity index is 2.04. The summed E-state index contributed by atoms with van der Waals surface area (Å²) in [5, 5.41) is 18.7. The molecule has 2 aliphatic heterocycles. The van der Waals surface area contributed by atoms with Gasteiger partial charge in [0.2, 0.25) is 0 Å². The van der Waals surface area contributed by atoms with Gasteiger partial charge in [0.15, 0.2) is 18.0 Å². The van der Waals surface area contributed by atoms with Crippen molar-refractivity contribution in [1.29, 1.82) is 0 Å². The minimum atomic E-state index is -1.48. The number of ether oxygens (including phenoxy) is 3. The highest BCUT2D eigenvalue weighted by Gasteiger charge is 2.50.